The zero-order valence-electron chi connectivity index (χ0n) is 11.3. The SMILES string of the molecule is CCCNC(C)C(C)c1nc(-c2cc(Br)cs2)no1. The molecule has 2 aromatic heterocycles. The fourth-order valence-corrected chi connectivity index (χ4v) is 3.06. The molecule has 0 aliphatic rings. The van der Waals surface area contributed by atoms with E-state index in [2.05, 4.69) is 52.2 Å². The molecule has 2 unspecified atom stereocenters. The first-order chi connectivity index (χ1) is 9.11. The average Bonchev–Trinajstić information content (AvgIpc) is 3.03. The number of thiophene rings is 1. The number of hydrogen-bond acceptors (Lipinski definition) is 5. The molecule has 0 saturated carbocycles. The van der Waals surface area contributed by atoms with E-state index in [9.17, 15) is 0 Å². The second kappa shape index (κ2) is 6.63. The van der Waals surface area contributed by atoms with Crippen molar-refractivity contribution in [3.8, 4) is 10.7 Å². The van der Waals surface area contributed by atoms with Crippen molar-refractivity contribution in [3.05, 3.63) is 21.8 Å². The van der Waals surface area contributed by atoms with Crippen molar-refractivity contribution in [2.45, 2.75) is 39.2 Å². The van der Waals surface area contributed by atoms with Crippen LogP contribution >= 0.6 is 27.3 Å². The van der Waals surface area contributed by atoms with E-state index in [1.807, 2.05) is 11.4 Å². The molecule has 104 valence electrons. The summed E-state index contributed by atoms with van der Waals surface area (Å²) in [4.78, 5) is 5.51. The van der Waals surface area contributed by atoms with Gasteiger partial charge in [-0.05, 0) is 41.9 Å². The van der Waals surface area contributed by atoms with E-state index in [-0.39, 0.29) is 5.92 Å². The van der Waals surface area contributed by atoms with E-state index in [0.29, 0.717) is 17.8 Å². The lowest BCUT2D eigenvalue weighted by Crippen LogP contribution is -2.31. The van der Waals surface area contributed by atoms with Crippen LogP contribution in [-0.4, -0.2) is 22.7 Å². The average molecular weight is 344 g/mol. The Morgan fingerprint density at radius 1 is 1.47 bits per heavy atom. The highest BCUT2D eigenvalue weighted by atomic mass is 79.9. The van der Waals surface area contributed by atoms with Crippen molar-refractivity contribution >= 4 is 27.3 Å². The smallest absolute Gasteiger partial charge is 0.231 e. The molecule has 0 bridgehead atoms. The lowest BCUT2D eigenvalue weighted by molar-refractivity contribution is 0.331. The zero-order chi connectivity index (χ0) is 13.8. The molecular weight excluding hydrogens is 326 g/mol. The Bertz CT molecular complexity index is 525. The molecule has 0 spiro atoms. The van der Waals surface area contributed by atoms with Gasteiger partial charge in [-0.15, -0.1) is 11.3 Å². The normalized spacial score (nSPS) is 14.5. The van der Waals surface area contributed by atoms with Gasteiger partial charge in [-0.2, -0.15) is 4.98 Å². The second-order valence-electron chi connectivity index (χ2n) is 4.62. The number of nitrogens with zero attached hydrogens (tertiary/aromatic N) is 2. The van der Waals surface area contributed by atoms with Crippen molar-refractivity contribution in [1.29, 1.82) is 0 Å². The third-order valence-electron chi connectivity index (χ3n) is 3.09. The highest BCUT2D eigenvalue weighted by molar-refractivity contribution is 9.10. The van der Waals surface area contributed by atoms with Crippen molar-refractivity contribution in [1.82, 2.24) is 15.5 Å². The van der Waals surface area contributed by atoms with Crippen LogP contribution in [0.1, 0.15) is 39.0 Å². The van der Waals surface area contributed by atoms with Gasteiger partial charge in [-0.25, -0.2) is 0 Å². The summed E-state index contributed by atoms with van der Waals surface area (Å²) >= 11 is 5.03. The number of nitrogens with one attached hydrogen (secondary N) is 1. The summed E-state index contributed by atoms with van der Waals surface area (Å²) in [5.74, 6) is 1.56. The van der Waals surface area contributed by atoms with Crippen LogP contribution in [-0.2, 0) is 0 Å². The second-order valence-corrected chi connectivity index (χ2v) is 6.44. The fourth-order valence-electron chi connectivity index (χ4n) is 1.71. The summed E-state index contributed by atoms with van der Waals surface area (Å²) in [6.07, 6.45) is 1.12. The first-order valence-electron chi connectivity index (χ1n) is 6.43. The predicted molar refractivity (Wildman–Crippen MR) is 81.5 cm³/mol. The van der Waals surface area contributed by atoms with Gasteiger partial charge >= 0.3 is 0 Å². The highest BCUT2D eigenvalue weighted by Crippen LogP contribution is 2.29. The molecule has 1 N–H and O–H groups in total. The summed E-state index contributed by atoms with van der Waals surface area (Å²) in [6, 6.07) is 2.33. The molecule has 2 atom stereocenters. The minimum Gasteiger partial charge on any atom is -0.339 e. The van der Waals surface area contributed by atoms with Crippen molar-refractivity contribution < 1.29 is 4.52 Å². The Labute approximate surface area is 125 Å². The monoisotopic (exact) mass is 343 g/mol. The highest BCUT2D eigenvalue weighted by Gasteiger charge is 2.21. The minimum absolute atomic E-state index is 0.205. The number of halogens is 1. The van der Waals surface area contributed by atoms with E-state index >= 15 is 0 Å². The van der Waals surface area contributed by atoms with E-state index < -0.39 is 0 Å². The molecule has 19 heavy (non-hydrogen) atoms. The molecule has 4 nitrogen and oxygen atoms in total. The molecule has 0 aliphatic heterocycles. The Morgan fingerprint density at radius 2 is 2.26 bits per heavy atom. The topological polar surface area (TPSA) is 51.0 Å². The lowest BCUT2D eigenvalue weighted by atomic mass is 10.0. The van der Waals surface area contributed by atoms with Crippen molar-refractivity contribution in [3.63, 3.8) is 0 Å². The van der Waals surface area contributed by atoms with Gasteiger partial charge in [0.2, 0.25) is 11.7 Å². The van der Waals surface area contributed by atoms with E-state index in [1.165, 1.54) is 0 Å². The molecule has 6 heteroatoms. The summed E-state index contributed by atoms with van der Waals surface area (Å²) in [6.45, 7) is 7.41. The zero-order valence-corrected chi connectivity index (χ0v) is 13.7. The molecule has 0 aromatic carbocycles. The maximum atomic E-state index is 5.38. The molecule has 2 aromatic rings. The Balaban J connectivity index is 2.08. The minimum atomic E-state index is 0.205. The van der Waals surface area contributed by atoms with E-state index in [1.54, 1.807) is 11.3 Å². The maximum Gasteiger partial charge on any atom is 0.231 e. The quantitative estimate of drug-likeness (QED) is 0.859. The summed E-state index contributed by atoms with van der Waals surface area (Å²) in [5.41, 5.74) is 0. The molecule has 2 rings (SSSR count). The van der Waals surface area contributed by atoms with Crippen LogP contribution in [0.15, 0.2) is 20.4 Å². The Kier molecular flexibility index (Phi) is 5.13. The summed E-state index contributed by atoms with van der Waals surface area (Å²) in [5, 5.41) is 9.52. The van der Waals surface area contributed by atoms with Crippen molar-refractivity contribution in [2.75, 3.05) is 6.54 Å². The third-order valence-corrected chi connectivity index (χ3v) is 4.77. The van der Waals surface area contributed by atoms with Gasteiger partial charge < -0.3 is 9.84 Å². The first kappa shape index (κ1) is 14.7. The molecule has 2 heterocycles. The number of rotatable bonds is 6. The van der Waals surface area contributed by atoms with Gasteiger partial charge in [0.1, 0.15) is 0 Å². The largest absolute Gasteiger partial charge is 0.339 e. The first-order valence-corrected chi connectivity index (χ1v) is 8.10. The molecule has 0 amide bonds. The Hall–Kier alpha value is -0.720. The molecule has 0 saturated heterocycles. The third kappa shape index (κ3) is 3.64. The number of hydrogen-bond donors (Lipinski definition) is 1. The molecule has 0 aliphatic carbocycles. The van der Waals surface area contributed by atoms with Gasteiger partial charge in [-0.1, -0.05) is 19.0 Å². The van der Waals surface area contributed by atoms with Gasteiger partial charge in [0, 0.05) is 15.9 Å². The molecule has 0 radical (unpaired) electrons. The van der Waals surface area contributed by atoms with Crippen LogP contribution in [0, 0.1) is 0 Å². The van der Waals surface area contributed by atoms with Gasteiger partial charge in [0.05, 0.1) is 10.8 Å². The van der Waals surface area contributed by atoms with Crippen LogP contribution < -0.4 is 5.32 Å². The summed E-state index contributed by atoms with van der Waals surface area (Å²) < 4.78 is 6.43. The van der Waals surface area contributed by atoms with E-state index in [4.69, 9.17) is 4.52 Å². The van der Waals surface area contributed by atoms with Crippen LogP contribution in [0.25, 0.3) is 10.7 Å². The molecule has 0 fully saturated rings. The predicted octanol–water partition coefficient (Wildman–Crippen LogP) is 4.05. The Morgan fingerprint density at radius 3 is 2.89 bits per heavy atom. The standard InChI is InChI=1S/C13H18BrN3OS/c1-4-5-15-9(3)8(2)13-16-12(17-18-13)11-6-10(14)7-19-11/h6-9,15H,4-5H2,1-3H3. The van der Waals surface area contributed by atoms with Crippen molar-refractivity contribution in [2.24, 2.45) is 0 Å². The van der Waals surface area contributed by atoms with Crippen LogP contribution in [0.3, 0.4) is 0 Å². The van der Waals surface area contributed by atoms with Crippen LogP contribution in [0.2, 0.25) is 0 Å². The van der Waals surface area contributed by atoms with Crippen LogP contribution in [0.5, 0.6) is 0 Å². The van der Waals surface area contributed by atoms with Gasteiger partial charge in [0.25, 0.3) is 0 Å². The molecular formula is C13H18BrN3OS. The number of aromatic nitrogens is 2. The fraction of sp³-hybridized carbons (Fsp3) is 0.538. The van der Waals surface area contributed by atoms with Gasteiger partial charge in [-0.3, -0.25) is 0 Å². The van der Waals surface area contributed by atoms with Gasteiger partial charge in [0.15, 0.2) is 0 Å². The summed E-state index contributed by atoms with van der Waals surface area (Å²) in [7, 11) is 0. The lowest BCUT2D eigenvalue weighted by Gasteiger charge is -2.17. The van der Waals surface area contributed by atoms with E-state index in [0.717, 1.165) is 22.3 Å². The van der Waals surface area contributed by atoms with Crippen LogP contribution in [0.4, 0.5) is 0 Å². The maximum absolute atomic E-state index is 5.38.